The average Bonchev–Trinajstić information content (AvgIpc) is 2.23. The monoisotopic (exact) mass is 216 g/mol. The van der Waals surface area contributed by atoms with E-state index in [0.29, 0.717) is 12.6 Å². The molecule has 0 radical (unpaired) electrons. The van der Waals surface area contributed by atoms with Crippen LogP contribution in [0.15, 0.2) is 0 Å². The van der Waals surface area contributed by atoms with Crippen LogP contribution in [-0.2, 0) is 4.74 Å². The van der Waals surface area contributed by atoms with Crippen molar-refractivity contribution >= 4 is 0 Å². The Morgan fingerprint density at radius 2 is 2.00 bits per heavy atom. The second-order valence-corrected chi connectivity index (χ2v) is 4.32. The molecule has 0 amide bonds. The molecule has 0 fully saturated rings. The van der Waals surface area contributed by atoms with Gasteiger partial charge in [0.25, 0.3) is 0 Å². The first kappa shape index (κ1) is 14.9. The Bertz CT molecular complexity index is 142. The molecule has 0 aromatic heterocycles. The van der Waals surface area contributed by atoms with Gasteiger partial charge < -0.3 is 10.5 Å². The molecule has 0 spiro atoms. The Balaban J connectivity index is 3.98. The Kier molecular flexibility index (Phi) is 9.06. The fourth-order valence-corrected chi connectivity index (χ4v) is 1.68. The third kappa shape index (κ3) is 6.88. The SMILES string of the molecule is CCCCN(CC(N)COC)C(C)CC. The molecular formula is C12H28N2O. The van der Waals surface area contributed by atoms with Crippen LogP contribution < -0.4 is 5.73 Å². The lowest BCUT2D eigenvalue weighted by atomic mass is 10.1. The molecule has 3 nitrogen and oxygen atoms in total. The van der Waals surface area contributed by atoms with E-state index in [9.17, 15) is 0 Å². The molecule has 2 N–H and O–H groups in total. The highest BCUT2D eigenvalue weighted by atomic mass is 16.5. The van der Waals surface area contributed by atoms with Gasteiger partial charge in [-0.05, 0) is 26.3 Å². The number of nitrogens with zero attached hydrogens (tertiary/aromatic N) is 1. The van der Waals surface area contributed by atoms with Gasteiger partial charge >= 0.3 is 0 Å². The molecule has 0 rings (SSSR count). The molecule has 0 aromatic carbocycles. The van der Waals surface area contributed by atoms with E-state index in [1.54, 1.807) is 7.11 Å². The Morgan fingerprint density at radius 3 is 2.47 bits per heavy atom. The highest BCUT2D eigenvalue weighted by Gasteiger charge is 2.14. The number of rotatable bonds is 9. The van der Waals surface area contributed by atoms with Gasteiger partial charge in [-0.15, -0.1) is 0 Å². The summed E-state index contributed by atoms with van der Waals surface area (Å²) >= 11 is 0. The number of hydrogen-bond donors (Lipinski definition) is 1. The predicted molar refractivity (Wildman–Crippen MR) is 66.1 cm³/mol. The number of ether oxygens (including phenoxy) is 1. The molecule has 15 heavy (non-hydrogen) atoms. The van der Waals surface area contributed by atoms with E-state index in [1.165, 1.54) is 19.3 Å². The molecule has 92 valence electrons. The van der Waals surface area contributed by atoms with Crippen LogP contribution in [0.4, 0.5) is 0 Å². The third-order valence-corrected chi connectivity index (χ3v) is 2.86. The summed E-state index contributed by atoms with van der Waals surface area (Å²) in [6.07, 6.45) is 3.68. The Morgan fingerprint density at radius 1 is 1.33 bits per heavy atom. The van der Waals surface area contributed by atoms with Crippen LogP contribution in [-0.4, -0.2) is 43.8 Å². The number of nitrogens with two attached hydrogens (primary N) is 1. The maximum absolute atomic E-state index is 5.98. The molecule has 3 heteroatoms. The van der Waals surface area contributed by atoms with Crippen LogP contribution in [0.2, 0.25) is 0 Å². The lowest BCUT2D eigenvalue weighted by Gasteiger charge is -2.30. The molecule has 0 saturated heterocycles. The molecule has 0 heterocycles. The summed E-state index contributed by atoms with van der Waals surface area (Å²) in [6, 6.07) is 0.764. The summed E-state index contributed by atoms with van der Waals surface area (Å²) in [6.45, 7) is 9.48. The van der Waals surface area contributed by atoms with Crippen molar-refractivity contribution in [3.8, 4) is 0 Å². The molecular weight excluding hydrogens is 188 g/mol. The summed E-state index contributed by atoms with van der Waals surface area (Å²) in [7, 11) is 1.71. The van der Waals surface area contributed by atoms with Gasteiger partial charge in [0.05, 0.1) is 6.61 Å². The van der Waals surface area contributed by atoms with E-state index in [2.05, 4.69) is 25.7 Å². The predicted octanol–water partition coefficient (Wildman–Crippen LogP) is 1.86. The first-order valence-electron chi connectivity index (χ1n) is 6.14. The van der Waals surface area contributed by atoms with Crippen LogP contribution in [0, 0.1) is 0 Å². The van der Waals surface area contributed by atoms with Gasteiger partial charge in [-0.2, -0.15) is 0 Å². The first-order chi connectivity index (χ1) is 7.15. The number of hydrogen-bond acceptors (Lipinski definition) is 3. The minimum absolute atomic E-state index is 0.140. The second kappa shape index (κ2) is 9.13. The van der Waals surface area contributed by atoms with Crippen molar-refractivity contribution in [2.45, 2.75) is 52.1 Å². The normalized spacial score (nSPS) is 15.6. The topological polar surface area (TPSA) is 38.5 Å². The van der Waals surface area contributed by atoms with Gasteiger partial charge in [-0.1, -0.05) is 20.3 Å². The molecule has 0 aliphatic rings. The van der Waals surface area contributed by atoms with E-state index in [-0.39, 0.29) is 6.04 Å². The van der Waals surface area contributed by atoms with Crippen molar-refractivity contribution in [3.05, 3.63) is 0 Å². The quantitative estimate of drug-likeness (QED) is 0.639. The van der Waals surface area contributed by atoms with Gasteiger partial charge in [-0.25, -0.2) is 0 Å². The zero-order chi connectivity index (χ0) is 11.7. The van der Waals surface area contributed by atoms with Gasteiger partial charge in [0.1, 0.15) is 0 Å². The largest absolute Gasteiger partial charge is 0.383 e. The molecule has 0 saturated carbocycles. The Labute approximate surface area is 95.0 Å². The average molecular weight is 216 g/mol. The molecule has 0 aromatic rings. The molecule has 0 aliphatic carbocycles. The van der Waals surface area contributed by atoms with Crippen LogP contribution in [0.3, 0.4) is 0 Å². The van der Waals surface area contributed by atoms with Gasteiger partial charge in [0.15, 0.2) is 0 Å². The Hall–Kier alpha value is -0.120. The minimum Gasteiger partial charge on any atom is -0.383 e. The number of unbranched alkanes of at least 4 members (excludes halogenated alkanes) is 1. The van der Waals surface area contributed by atoms with Crippen molar-refractivity contribution in [2.24, 2.45) is 5.73 Å². The lowest BCUT2D eigenvalue weighted by Crippen LogP contribution is -2.44. The zero-order valence-corrected chi connectivity index (χ0v) is 10.8. The molecule has 2 atom stereocenters. The summed E-state index contributed by atoms with van der Waals surface area (Å²) < 4.78 is 5.07. The molecule has 2 unspecified atom stereocenters. The van der Waals surface area contributed by atoms with Crippen molar-refractivity contribution in [3.63, 3.8) is 0 Å². The fourth-order valence-electron chi connectivity index (χ4n) is 1.68. The maximum Gasteiger partial charge on any atom is 0.0626 e. The van der Waals surface area contributed by atoms with Gasteiger partial charge in [-0.3, -0.25) is 4.90 Å². The summed E-state index contributed by atoms with van der Waals surface area (Å²) in [5.41, 5.74) is 5.98. The molecule has 0 aliphatic heterocycles. The van der Waals surface area contributed by atoms with E-state index in [0.717, 1.165) is 13.1 Å². The van der Waals surface area contributed by atoms with Crippen molar-refractivity contribution in [1.29, 1.82) is 0 Å². The summed E-state index contributed by atoms with van der Waals surface area (Å²) in [5.74, 6) is 0. The van der Waals surface area contributed by atoms with E-state index >= 15 is 0 Å². The van der Waals surface area contributed by atoms with Crippen LogP contribution in [0.25, 0.3) is 0 Å². The first-order valence-corrected chi connectivity index (χ1v) is 6.14. The van der Waals surface area contributed by atoms with Crippen LogP contribution >= 0.6 is 0 Å². The number of methoxy groups -OCH3 is 1. The van der Waals surface area contributed by atoms with E-state index < -0.39 is 0 Å². The van der Waals surface area contributed by atoms with Crippen LogP contribution in [0.1, 0.15) is 40.0 Å². The fraction of sp³-hybridized carbons (Fsp3) is 1.00. The summed E-state index contributed by atoms with van der Waals surface area (Å²) in [4.78, 5) is 2.48. The third-order valence-electron chi connectivity index (χ3n) is 2.86. The standard InChI is InChI=1S/C12H28N2O/c1-5-7-8-14(11(3)6-2)9-12(13)10-15-4/h11-12H,5-10,13H2,1-4H3. The van der Waals surface area contributed by atoms with Crippen LogP contribution in [0.5, 0.6) is 0 Å². The van der Waals surface area contributed by atoms with E-state index in [4.69, 9.17) is 10.5 Å². The second-order valence-electron chi connectivity index (χ2n) is 4.32. The van der Waals surface area contributed by atoms with Gasteiger partial charge in [0, 0.05) is 25.7 Å². The van der Waals surface area contributed by atoms with Crippen molar-refractivity contribution in [2.75, 3.05) is 26.8 Å². The maximum atomic E-state index is 5.98. The highest BCUT2D eigenvalue weighted by Crippen LogP contribution is 2.06. The zero-order valence-electron chi connectivity index (χ0n) is 10.8. The highest BCUT2D eigenvalue weighted by molar-refractivity contribution is 4.72. The van der Waals surface area contributed by atoms with Gasteiger partial charge in [0.2, 0.25) is 0 Å². The summed E-state index contributed by atoms with van der Waals surface area (Å²) in [5, 5.41) is 0. The van der Waals surface area contributed by atoms with Crippen molar-refractivity contribution < 1.29 is 4.74 Å². The van der Waals surface area contributed by atoms with E-state index in [1.807, 2.05) is 0 Å². The van der Waals surface area contributed by atoms with Crippen molar-refractivity contribution in [1.82, 2.24) is 4.90 Å². The minimum atomic E-state index is 0.140. The lowest BCUT2D eigenvalue weighted by molar-refractivity contribution is 0.133. The smallest absolute Gasteiger partial charge is 0.0626 e. The molecule has 0 bridgehead atoms.